The summed E-state index contributed by atoms with van der Waals surface area (Å²) in [6, 6.07) is -7.44. The Morgan fingerprint density at radius 2 is 1.32 bits per heavy atom. The second kappa shape index (κ2) is 24.7. The molecular formula is C35H60N12O10. The molecule has 1 aromatic heterocycles. The Bertz CT molecular complexity index is 1550. The number of hydrogen-bond donors (Lipinski definition) is 12. The van der Waals surface area contributed by atoms with E-state index >= 15 is 0 Å². The summed E-state index contributed by atoms with van der Waals surface area (Å²) in [6.45, 7) is 10.6. The summed E-state index contributed by atoms with van der Waals surface area (Å²) in [4.78, 5) is 113. The van der Waals surface area contributed by atoms with Crippen LogP contribution in [0.25, 0.3) is 0 Å². The van der Waals surface area contributed by atoms with Crippen LogP contribution >= 0.6 is 0 Å². The van der Waals surface area contributed by atoms with Crippen molar-refractivity contribution in [1.82, 2.24) is 47.2 Å². The summed E-state index contributed by atoms with van der Waals surface area (Å²) in [5.41, 5.74) is 11.0. The van der Waals surface area contributed by atoms with Gasteiger partial charge in [0.25, 0.3) is 0 Å². The molecular weight excluding hydrogens is 748 g/mol. The van der Waals surface area contributed by atoms with Crippen LogP contribution in [0.15, 0.2) is 17.5 Å². The Morgan fingerprint density at radius 1 is 0.754 bits per heavy atom. The van der Waals surface area contributed by atoms with Gasteiger partial charge in [0, 0.05) is 31.8 Å². The third-order valence-corrected chi connectivity index (χ3v) is 8.17. The standard InChI is InChI=1S/C35H60N12O10/c1-17(2)11-24(46-32(54)26(13-22-14-38-16-41-22)47-33(55)28(20(6)48)43-21(7)49)30(52)40-15-27(50)44-25(12-18(3)4)31(53)42-19(5)29(51)45-23(34(56)57)9-8-10-39-35(36)37/h14,16-20,23-26,28,48H,8-13,15H2,1-7H3,(H,38,41)(H,40,52)(H,42,53)(H,43,49)(H,44,50)(H,45,51)(H,46,54)(H,47,55)(H,56,57)(H4,36,37,39)/t19-,20+,23-,24-,25-,26-,28-/m0/s1. The molecule has 57 heavy (non-hydrogen) atoms. The Balaban J connectivity index is 3.00. The van der Waals surface area contributed by atoms with E-state index in [4.69, 9.17) is 11.5 Å². The van der Waals surface area contributed by atoms with E-state index in [2.05, 4.69) is 52.2 Å². The number of rotatable bonds is 25. The molecule has 0 aromatic carbocycles. The normalized spacial score (nSPS) is 14.7. The molecule has 0 bridgehead atoms. The molecule has 22 nitrogen and oxygen atoms in total. The van der Waals surface area contributed by atoms with Gasteiger partial charge in [-0.3, -0.25) is 38.6 Å². The summed E-state index contributed by atoms with van der Waals surface area (Å²) in [7, 11) is 0. The van der Waals surface area contributed by atoms with Crippen molar-refractivity contribution in [3.05, 3.63) is 18.2 Å². The van der Waals surface area contributed by atoms with Crippen LogP contribution in [0.4, 0.5) is 0 Å². The molecule has 0 unspecified atom stereocenters. The lowest BCUT2D eigenvalue weighted by molar-refractivity contribution is -0.142. The van der Waals surface area contributed by atoms with Gasteiger partial charge < -0.3 is 63.9 Å². The van der Waals surface area contributed by atoms with Crippen LogP contribution in [0.2, 0.25) is 0 Å². The molecule has 7 atom stereocenters. The van der Waals surface area contributed by atoms with Gasteiger partial charge >= 0.3 is 5.97 Å². The minimum absolute atomic E-state index is 0.0185. The van der Waals surface area contributed by atoms with Crippen LogP contribution in [0, 0.1) is 11.8 Å². The quantitative estimate of drug-likeness (QED) is 0.0261. The SMILES string of the molecule is CC(=O)N[C@H](C(=O)N[C@@H](Cc1cnc[nH]1)C(=O)N[C@@H](CC(C)C)C(=O)NCC(=O)N[C@@H](CC(C)C)C(=O)N[C@@H](C)C(=O)N[C@@H](CCCN=C(N)N)C(=O)O)[C@@H](C)O. The maximum Gasteiger partial charge on any atom is 0.326 e. The maximum absolute atomic E-state index is 13.6. The van der Waals surface area contributed by atoms with Crippen LogP contribution in [0.5, 0.6) is 0 Å². The fraction of sp³-hybridized carbons (Fsp3) is 0.657. The molecule has 1 rings (SSSR count). The van der Waals surface area contributed by atoms with Gasteiger partial charge in [-0.2, -0.15) is 0 Å². The first kappa shape index (κ1) is 49.2. The van der Waals surface area contributed by atoms with E-state index in [1.807, 2.05) is 0 Å². The monoisotopic (exact) mass is 808 g/mol. The first-order chi connectivity index (χ1) is 26.6. The van der Waals surface area contributed by atoms with Crippen molar-refractivity contribution >= 4 is 53.3 Å². The number of hydrogen-bond acceptors (Lipinski definition) is 11. The van der Waals surface area contributed by atoms with Crippen molar-refractivity contribution in [3.63, 3.8) is 0 Å². The number of aromatic nitrogens is 2. The summed E-state index contributed by atoms with van der Waals surface area (Å²) in [6.07, 6.45) is 1.96. The number of guanidine groups is 1. The molecule has 14 N–H and O–H groups in total. The topological polar surface area (TPSA) is 354 Å². The second-order valence-electron chi connectivity index (χ2n) is 14.5. The molecule has 1 aromatic rings. The first-order valence-corrected chi connectivity index (χ1v) is 18.6. The minimum Gasteiger partial charge on any atom is -0.480 e. The Kier molecular flexibility index (Phi) is 21.3. The highest BCUT2D eigenvalue weighted by Crippen LogP contribution is 2.09. The van der Waals surface area contributed by atoms with Gasteiger partial charge in [-0.25, -0.2) is 9.78 Å². The number of carboxylic acid groups (broad SMARTS) is 1. The predicted octanol–water partition coefficient (Wildman–Crippen LogP) is -3.37. The van der Waals surface area contributed by atoms with Crippen molar-refractivity contribution in [2.45, 2.75) is 123 Å². The highest BCUT2D eigenvalue weighted by Gasteiger charge is 2.33. The molecule has 0 saturated heterocycles. The number of imidazole rings is 1. The minimum atomic E-state index is -1.38. The van der Waals surface area contributed by atoms with Gasteiger partial charge in [-0.05, 0) is 51.4 Å². The Morgan fingerprint density at radius 3 is 1.82 bits per heavy atom. The van der Waals surface area contributed by atoms with Crippen molar-refractivity contribution in [3.8, 4) is 0 Å². The number of aromatic amines is 1. The van der Waals surface area contributed by atoms with E-state index in [1.165, 1.54) is 26.4 Å². The molecule has 0 aliphatic rings. The molecule has 7 amide bonds. The average molecular weight is 809 g/mol. The van der Waals surface area contributed by atoms with E-state index in [0.29, 0.717) is 5.69 Å². The summed E-state index contributed by atoms with van der Waals surface area (Å²) in [5, 5.41) is 37.0. The molecule has 0 saturated carbocycles. The molecule has 0 radical (unpaired) electrons. The smallest absolute Gasteiger partial charge is 0.326 e. The highest BCUT2D eigenvalue weighted by molar-refractivity contribution is 5.96. The van der Waals surface area contributed by atoms with Gasteiger partial charge in [-0.15, -0.1) is 0 Å². The third kappa shape index (κ3) is 19.6. The number of nitrogens with one attached hydrogen (secondary N) is 8. The molecule has 0 aliphatic heterocycles. The largest absolute Gasteiger partial charge is 0.480 e. The molecule has 1 heterocycles. The van der Waals surface area contributed by atoms with Crippen LogP contribution < -0.4 is 48.7 Å². The lowest BCUT2D eigenvalue weighted by Crippen LogP contribution is -2.59. The molecule has 22 heteroatoms. The summed E-state index contributed by atoms with van der Waals surface area (Å²) < 4.78 is 0. The zero-order chi connectivity index (χ0) is 43.4. The molecule has 320 valence electrons. The van der Waals surface area contributed by atoms with Gasteiger partial charge in [0.2, 0.25) is 41.4 Å². The van der Waals surface area contributed by atoms with Crippen molar-refractivity contribution in [2.24, 2.45) is 28.3 Å². The predicted molar refractivity (Wildman–Crippen MR) is 206 cm³/mol. The van der Waals surface area contributed by atoms with Crippen LogP contribution in [0.3, 0.4) is 0 Å². The zero-order valence-electron chi connectivity index (χ0n) is 33.5. The van der Waals surface area contributed by atoms with Crippen molar-refractivity contribution in [1.29, 1.82) is 0 Å². The summed E-state index contributed by atoms with van der Waals surface area (Å²) >= 11 is 0. The summed E-state index contributed by atoms with van der Waals surface area (Å²) in [5.74, 6) is -6.88. The van der Waals surface area contributed by atoms with Gasteiger partial charge in [-0.1, -0.05) is 27.7 Å². The van der Waals surface area contributed by atoms with Crippen LogP contribution in [0.1, 0.15) is 79.8 Å². The van der Waals surface area contributed by atoms with Gasteiger partial charge in [0.1, 0.15) is 36.3 Å². The maximum atomic E-state index is 13.6. The third-order valence-electron chi connectivity index (χ3n) is 8.17. The highest BCUT2D eigenvalue weighted by atomic mass is 16.4. The van der Waals surface area contributed by atoms with Gasteiger partial charge in [0.15, 0.2) is 5.96 Å². The fourth-order valence-electron chi connectivity index (χ4n) is 5.36. The van der Waals surface area contributed by atoms with Gasteiger partial charge in [0.05, 0.1) is 19.0 Å². The van der Waals surface area contributed by atoms with E-state index in [9.17, 15) is 48.6 Å². The van der Waals surface area contributed by atoms with Crippen molar-refractivity contribution in [2.75, 3.05) is 13.1 Å². The number of aliphatic hydroxyl groups excluding tert-OH is 1. The fourth-order valence-corrected chi connectivity index (χ4v) is 5.36. The number of H-pyrrole nitrogens is 1. The number of aliphatic imine (C=N–C) groups is 1. The number of carboxylic acids is 1. The van der Waals surface area contributed by atoms with E-state index in [1.54, 1.807) is 27.7 Å². The van der Waals surface area contributed by atoms with E-state index < -0.39 is 96.2 Å². The van der Waals surface area contributed by atoms with Crippen LogP contribution in [-0.2, 0) is 44.8 Å². The number of carbonyl (C=O) groups is 8. The lowest BCUT2D eigenvalue weighted by atomic mass is 10.0. The van der Waals surface area contributed by atoms with Crippen molar-refractivity contribution < 1.29 is 48.6 Å². The number of aliphatic hydroxyl groups is 1. The number of nitrogens with two attached hydrogens (primary N) is 2. The number of aliphatic carboxylic acids is 1. The van der Waals surface area contributed by atoms with E-state index in [-0.39, 0.29) is 56.4 Å². The molecule has 0 spiro atoms. The zero-order valence-corrected chi connectivity index (χ0v) is 33.5. The lowest BCUT2D eigenvalue weighted by Gasteiger charge is -2.26. The first-order valence-electron chi connectivity index (χ1n) is 18.6. The van der Waals surface area contributed by atoms with Crippen LogP contribution in [-0.4, -0.2) is 129 Å². The average Bonchev–Trinajstić information content (AvgIpc) is 3.62. The number of carbonyl (C=O) groups excluding carboxylic acids is 7. The number of nitrogens with zero attached hydrogens (tertiary/aromatic N) is 2. The second-order valence-corrected chi connectivity index (χ2v) is 14.5. The molecule has 0 fully saturated rings. The Labute approximate surface area is 331 Å². The number of amides is 7. The Hall–Kier alpha value is -5.80. The van der Waals surface area contributed by atoms with E-state index in [0.717, 1.165) is 6.92 Å². The molecule has 0 aliphatic carbocycles.